The van der Waals surface area contributed by atoms with Gasteiger partial charge in [0.1, 0.15) is 12.1 Å². The van der Waals surface area contributed by atoms with Gasteiger partial charge in [0.2, 0.25) is 11.9 Å². The topological polar surface area (TPSA) is 105 Å². The first-order valence-electron chi connectivity index (χ1n) is 9.67. The third kappa shape index (κ3) is 7.87. The van der Waals surface area contributed by atoms with Gasteiger partial charge in [0.25, 0.3) is 0 Å². The number of amides is 1. The molecule has 2 aromatic heterocycles. The van der Waals surface area contributed by atoms with Crippen LogP contribution in [0.1, 0.15) is 16.9 Å². The summed E-state index contributed by atoms with van der Waals surface area (Å²) in [4.78, 5) is 31.6. The molecule has 1 amide bonds. The Morgan fingerprint density at radius 1 is 1.19 bits per heavy atom. The first kappa shape index (κ1) is 22.5. The molecule has 3 rings (SSSR count). The molecule has 0 saturated carbocycles. The molecule has 0 saturated heterocycles. The van der Waals surface area contributed by atoms with E-state index >= 15 is 0 Å². The van der Waals surface area contributed by atoms with Crippen LogP contribution in [-0.4, -0.2) is 58.0 Å². The highest BCUT2D eigenvalue weighted by atomic mass is 32.1. The fraction of sp³-hybridized carbons (Fsp3) is 0.350. The molecule has 11 heteroatoms. The molecule has 0 aliphatic heterocycles. The molecule has 0 unspecified atom stereocenters. The van der Waals surface area contributed by atoms with Gasteiger partial charge < -0.3 is 15.0 Å². The lowest BCUT2D eigenvalue weighted by Crippen LogP contribution is -2.24. The SMILES string of the molecule is CN(C)CCCOc1ncnc(Nc2ncc(CC(=O)NCc3ccc(F)cc3)s2)n1. The van der Waals surface area contributed by atoms with E-state index in [0.717, 1.165) is 23.4 Å². The molecule has 2 N–H and O–H groups in total. The number of rotatable bonds is 11. The summed E-state index contributed by atoms with van der Waals surface area (Å²) in [6.07, 6.45) is 4.05. The Morgan fingerprint density at radius 2 is 2.00 bits per heavy atom. The molecule has 0 bridgehead atoms. The monoisotopic (exact) mass is 445 g/mol. The minimum absolute atomic E-state index is 0.145. The number of aromatic nitrogens is 4. The first-order chi connectivity index (χ1) is 15.0. The van der Waals surface area contributed by atoms with Gasteiger partial charge in [0.15, 0.2) is 5.13 Å². The molecule has 0 fully saturated rings. The van der Waals surface area contributed by atoms with Gasteiger partial charge in [-0.15, -0.1) is 11.3 Å². The van der Waals surface area contributed by atoms with Crippen LogP contribution in [0, 0.1) is 5.82 Å². The van der Waals surface area contributed by atoms with Gasteiger partial charge in [-0.2, -0.15) is 9.97 Å². The molecular formula is C20H24FN7O2S. The summed E-state index contributed by atoms with van der Waals surface area (Å²) in [5.74, 6) is -0.131. The third-order valence-corrected chi connectivity index (χ3v) is 4.95. The number of benzene rings is 1. The van der Waals surface area contributed by atoms with Gasteiger partial charge in [-0.25, -0.2) is 14.4 Å². The van der Waals surface area contributed by atoms with Gasteiger partial charge in [0.05, 0.1) is 13.0 Å². The van der Waals surface area contributed by atoms with E-state index in [1.165, 1.54) is 29.8 Å². The van der Waals surface area contributed by atoms with Crippen molar-refractivity contribution < 1.29 is 13.9 Å². The number of halogens is 1. The van der Waals surface area contributed by atoms with Crippen molar-refractivity contribution in [1.29, 1.82) is 0 Å². The molecule has 0 spiro atoms. The van der Waals surface area contributed by atoms with E-state index in [-0.39, 0.29) is 24.2 Å². The summed E-state index contributed by atoms with van der Waals surface area (Å²) in [5.41, 5.74) is 0.830. The van der Waals surface area contributed by atoms with Gasteiger partial charge in [-0.1, -0.05) is 12.1 Å². The van der Waals surface area contributed by atoms with Crippen molar-refractivity contribution in [2.24, 2.45) is 0 Å². The van der Waals surface area contributed by atoms with Crippen LogP contribution < -0.4 is 15.4 Å². The minimum Gasteiger partial charge on any atom is -0.463 e. The van der Waals surface area contributed by atoms with Crippen LogP contribution in [0.25, 0.3) is 0 Å². The second-order valence-corrected chi connectivity index (χ2v) is 8.05. The van der Waals surface area contributed by atoms with E-state index in [0.29, 0.717) is 24.2 Å². The summed E-state index contributed by atoms with van der Waals surface area (Å²) in [5, 5.41) is 6.37. The molecule has 0 radical (unpaired) electrons. The van der Waals surface area contributed by atoms with E-state index in [1.54, 1.807) is 18.3 Å². The molecule has 0 atom stereocenters. The predicted octanol–water partition coefficient (Wildman–Crippen LogP) is 2.40. The van der Waals surface area contributed by atoms with Gasteiger partial charge in [0, 0.05) is 24.2 Å². The van der Waals surface area contributed by atoms with Crippen LogP contribution in [0.15, 0.2) is 36.8 Å². The fourth-order valence-electron chi connectivity index (χ4n) is 2.52. The number of nitrogens with one attached hydrogen (secondary N) is 2. The van der Waals surface area contributed by atoms with Crippen LogP contribution in [-0.2, 0) is 17.8 Å². The van der Waals surface area contributed by atoms with Crippen molar-refractivity contribution in [2.75, 3.05) is 32.6 Å². The van der Waals surface area contributed by atoms with Crippen molar-refractivity contribution in [1.82, 2.24) is 30.2 Å². The molecule has 2 heterocycles. The Labute approximate surface area is 183 Å². The van der Waals surface area contributed by atoms with Crippen molar-refractivity contribution in [3.63, 3.8) is 0 Å². The van der Waals surface area contributed by atoms with Crippen molar-refractivity contribution >= 4 is 28.3 Å². The maximum Gasteiger partial charge on any atom is 0.321 e. The zero-order valence-corrected chi connectivity index (χ0v) is 18.2. The van der Waals surface area contributed by atoms with Crippen LogP contribution >= 0.6 is 11.3 Å². The Kier molecular flexibility index (Phi) is 8.19. The molecule has 3 aromatic rings. The molecule has 164 valence electrons. The van der Waals surface area contributed by atoms with E-state index in [9.17, 15) is 9.18 Å². The third-order valence-electron chi connectivity index (χ3n) is 4.04. The number of hydrogen-bond donors (Lipinski definition) is 2. The summed E-state index contributed by atoms with van der Waals surface area (Å²) in [6.45, 7) is 1.76. The quantitative estimate of drug-likeness (QED) is 0.434. The number of thiazole rings is 1. The van der Waals surface area contributed by atoms with Gasteiger partial charge in [-0.3, -0.25) is 10.1 Å². The maximum absolute atomic E-state index is 12.9. The second-order valence-electron chi connectivity index (χ2n) is 6.93. The maximum atomic E-state index is 12.9. The van der Waals surface area contributed by atoms with Crippen molar-refractivity contribution in [3.05, 3.63) is 53.0 Å². The fourth-order valence-corrected chi connectivity index (χ4v) is 3.33. The zero-order valence-electron chi connectivity index (χ0n) is 17.3. The summed E-state index contributed by atoms with van der Waals surface area (Å²) >= 11 is 1.33. The first-order valence-corrected chi connectivity index (χ1v) is 10.5. The van der Waals surface area contributed by atoms with Crippen molar-refractivity contribution in [3.8, 4) is 6.01 Å². The predicted molar refractivity (Wildman–Crippen MR) is 116 cm³/mol. The van der Waals surface area contributed by atoms with E-state index in [2.05, 4.69) is 35.5 Å². The number of carbonyl (C=O) groups excluding carboxylic acids is 1. The number of hydrogen-bond acceptors (Lipinski definition) is 9. The molecule has 0 aliphatic rings. The standard InChI is InChI=1S/C20H24FN7O2S/c1-28(2)8-3-9-30-19-25-13-24-18(26-19)27-20-23-12-16(31-20)10-17(29)22-11-14-4-6-15(21)7-5-14/h4-7,12-13H,3,8-11H2,1-2H3,(H,22,29)(H,23,24,25,26,27). The number of anilines is 2. The molecule has 9 nitrogen and oxygen atoms in total. The summed E-state index contributed by atoms with van der Waals surface area (Å²) < 4.78 is 18.5. The highest BCUT2D eigenvalue weighted by Crippen LogP contribution is 2.21. The van der Waals surface area contributed by atoms with Crippen molar-refractivity contribution in [2.45, 2.75) is 19.4 Å². The Morgan fingerprint density at radius 3 is 2.77 bits per heavy atom. The number of ether oxygens (including phenoxy) is 1. The molecule has 0 aliphatic carbocycles. The Balaban J connectivity index is 1.46. The smallest absolute Gasteiger partial charge is 0.321 e. The Hall–Kier alpha value is -3.18. The average molecular weight is 446 g/mol. The Bertz CT molecular complexity index is 982. The molecule has 1 aromatic carbocycles. The largest absolute Gasteiger partial charge is 0.463 e. The van der Waals surface area contributed by atoms with E-state index in [4.69, 9.17) is 4.74 Å². The van der Waals surface area contributed by atoms with Gasteiger partial charge >= 0.3 is 6.01 Å². The van der Waals surface area contributed by atoms with Crippen LogP contribution in [0.5, 0.6) is 6.01 Å². The molecular weight excluding hydrogens is 421 g/mol. The lowest BCUT2D eigenvalue weighted by molar-refractivity contribution is -0.120. The summed E-state index contributed by atoms with van der Waals surface area (Å²) in [6, 6.07) is 6.25. The second kappa shape index (κ2) is 11.3. The average Bonchev–Trinajstić information content (AvgIpc) is 3.17. The lowest BCUT2D eigenvalue weighted by atomic mass is 10.2. The lowest BCUT2D eigenvalue weighted by Gasteiger charge is -2.09. The van der Waals surface area contributed by atoms with E-state index in [1.807, 2.05) is 14.1 Å². The highest BCUT2D eigenvalue weighted by molar-refractivity contribution is 7.15. The normalized spacial score (nSPS) is 10.8. The van der Waals surface area contributed by atoms with Gasteiger partial charge in [-0.05, 0) is 38.2 Å². The van der Waals surface area contributed by atoms with Crippen LogP contribution in [0.3, 0.4) is 0 Å². The molecule has 31 heavy (non-hydrogen) atoms. The minimum atomic E-state index is -0.305. The highest BCUT2D eigenvalue weighted by Gasteiger charge is 2.10. The zero-order chi connectivity index (χ0) is 22.1. The number of nitrogens with zero attached hydrogens (tertiary/aromatic N) is 5. The number of carbonyl (C=O) groups is 1. The van der Waals surface area contributed by atoms with Crippen LogP contribution in [0.4, 0.5) is 15.5 Å². The van der Waals surface area contributed by atoms with Crippen LogP contribution in [0.2, 0.25) is 0 Å². The van der Waals surface area contributed by atoms with E-state index < -0.39 is 0 Å². The summed E-state index contributed by atoms with van der Waals surface area (Å²) in [7, 11) is 4.00.